The standard InChI is InChI=1S/C21H27ClN2O3/c1-21(2,3)27-20(26)23-11-12-24(18(25)13-15-7-4-5-8-15)19-16(14-23)9-6-10-17(19)22/h6-7,9-10H,4-5,8,11-14H2,1-3H3. The molecule has 0 bridgehead atoms. The number of hydrogen-bond donors (Lipinski definition) is 0. The lowest BCUT2D eigenvalue weighted by Crippen LogP contribution is -2.40. The molecule has 0 atom stereocenters. The zero-order valence-corrected chi connectivity index (χ0v) is 17.0. The van der Waals surface area contributed by atoms with Crippen molar-refractivity contribution in [2.24, 2.45) is 0 Å². The molecule has 3 rings (SSSR count). The Balaban J connectivity index is 1.85. The Morgan fingerprint density at radius 2 is 2.00 bits per heavy atom. The minimum absolute atomic E-state index is 0.0311. The minimum atomic E-state index is -0.564. The van der Waals surface area contributed by atoms with Crippen molar-refractivity contribution in [3.05, 3.63) is 40.4 Å². The number of carbonyl (C=O) groups is 2. The summed E-state index contributed by atoms with van der Waals surface area (Å²) >= 11 is 6.46. The van der Waals surface area contributed by atoms with Crippen LogP contribution in [-0.2, 0) is 16.1 Å². The first-order chi connectivity index (χ1) is 12.7. The summed E-state index contributed by atoms with van der Waals surface area (Å²) < 4.78 is 5.52. The molecular weight excluding hydrogens is 364 g/mol. The molecule has 0 aromatic heterocycles. The summed E-state index contributed by atoms with van der Waals surface area (Å²) in [5, 5.41) is 0.535. The molecule has 0 unspecified atom stereocenters. The van der Waals surface area contributed by atoms with E-state index in [0.29, 0.717) is 36.8 Å². The zero-order valence-electron chi connectivity index (χ0n) is 16.3. The van der Waals surface area contributed by atoms with Crippen molar-refractivity contribution in [2.75, 3.05) is 18.0 Å². The number of carbonyl (C=O) groups excluding carboxylic acids is 2. The quantitative estimate of drug-likeness (QED) is 0.673. The maximum Gasteiger partial charge on any atom is 0.410 e. The summed E-state index contributed by atoms with van der Waals surface area (Å²) in [5.74, 6) is 0.0311. The number of ether oxygens (including phenoxy) is 1. The molecule has 1 aliphatic heterocycles. The van der Waals surface area contributed by atoms with E-state index in [9.17, 15) is 9.59 Å². The van der Waals surface area contributed by atoms with Crippen LogP contribution in [0.2, 0.25) is 5.02 Å². The fraction of sp³-hybridized carbons (Fsp3) is 0.524. The lowest BCUT2D eigenvalue weighted by molar-refractivity contribution is -0.118. The Morgan fingerprint density at radius 1 is 1.22 bits per heavy atom. The Morgan fingerprint density at radius 3 is 2.67 bits per heavy atom. The van der Waals surface area contributed by atoms with Gasteiger partial charge in [-0.25, -0.2) is 4.79 Å². The average Bonchev–Trinajstić information content (AvgIpc) is 2.98. The number of hydrogen-bond acceptors (Lipinski definition) is 3. The maximum absolute atomic E-state index is 13.0. The summed E-state index contributed by atoms with van der Waals surface area (Å²) in [4.78, 5) is 29.0. The van der Waals surface area contributed by atoms with Crippen LogP contribution in [0.5, 0.6) is 0 Å². The molecular formula is C21H27ClN2O3. The first-order valence-corrected chi connectivity index (χ1v) is 9.86. The first-order valence-electron chi connectivity index (χ1n) is 9.48. The third-order valence-corrected chi connectivity index (χ3v) is 5.07. The number of nitrogens with zero attached hydrogens (tertiary/aromatic N) is 2. The van der Waals surface area contributed by atoms with Crippen LogP contribution in [0, 0.1) is 0 Å². The summed E-state index contributed by atoms with van der Waals surface area (Å²) in [6, 6.07) is 5.56. The topological polar surface area (TPSA) is 49.9 Å². The first kappa shape index (κ1) is 19.7. The summed E-state index contributed by atoms with van der Waals surface area (Å²) in [6.07, 6.45) is 5.35. The van der Waals surface area contributed by atoms with Gasteiger partial charge in [-0.3, -0.25) is 4.79 Å². The lowest BCUT2D eigenvalue weighted by atomic mass is 10.1. The van der Waals surface area contributed by atoms with Gasteiger partial charge in [0.25, 0.3) is 0 Å². The van der Waals surface area contributed by atoms with Gasteiger partial charge in [-0.15, -0.1) is 0 Å². The van der Waals surface area contributed by atoms with E-state index in [1.165, 1.54) is 5.57 Å². The fourth-order valence-corrected chi connectivity index (χ4v) is 3.82. The molecule has 1 aliphatic carbocycles. The number of fused-ring (bicyclic) bond motifs is 1. The molecule has 2 amide bonds. The van der Waals surface area contributed by atoms with Crippen LogP contribution in [0.15, 0.2) is 29.8 Å². The molecule has 5 nitrogen and oxygen atoms in total. The minimum Gasteiger partial charge on any atom is -0.444 e. The predicted octanol–water partition coefficient (Wildman–Crippen LogP) is 4.92. The van der Waals surface area contributed by atoms with E-state index < -0.39 is 5.60 Å². The molecule has 0 spiro atoms. The largest absolute Gasteiger partial charge is 0.444 e. The SMILES string of the molecule is CC(C)(C)OC(=O)N1CCN(C(=O)CC2=CCCC2)c2c(Cl)cccc2C1. The summed E-state index contributed by atoms with van der Waals surface area (Å²) in [6.45, 7) is 6.72. The van der Waals surface area contributed by atoms with Crippen LogP contribution in [0.3, 0.4) is 0 Å². The second-order valence-corrected chi connectivity index (χ2v) is 8.53. The monoisotopic (exact) mass is 390 g/mol. The van der Waals surface area contributed by atoms with Crippen molar-refractivity contribution < 1.29 is 14.3 Å². The average molecular weight is 391 g/mol. The van der Waals surface area contributed by atoms with Crippen molar-refractivity contribution in [3.63, 3.8) is 0 Å². The number of rotatable bonds is 2. The fourth-order valence-electron chi connectivity index (χ4n) is 3.53. The van der Waals surface area contributed by atoms with Gasteiger partial charge >= 0.3 is 6.09 Å². The highest BCUT2D eigenvalue weighted by Crippen LogP contribution is 2.34. The van der Waals surface area contributed by atoms with Crippen LogP contribution in [0.1, 0.15) is 52.0 Å². The normalized spacial score (nSPS) is 17.3. The second-order valence-electron chi connectivity index (χ2n) is 8.13. The van der Waals surface area contributed by atoms with Crippen LogP contribution in [-0.4, -0.2) is 35.6 Å². The zero-order chi connectivity index (χ0) is 19.6. The van der Waals surface area contributed by atoms with Crippen molar-refractivity contribution >= 4 is 29.3 Å². The van der Waals surface area contributed by atoms with Gasteiger partial charge in [-0.1, -0.05) is 35.4 Å². The van der Waals surface area contributed by atoms with E-state index >= 15 is 0 Å². The molecule has 2 aliphatic rings. The highest BCUT2D eigenvalue weighted by Gasteiger charge is 2.30. The number of allylic oxidation sites excluding steroid dienone is 1. The Labute approximate surface area is 165 Å². The molecule has 146 valence electrons. The predicted molar refractivity (Wildman–Crippen MR) is 107 cm³/mol. The number of amides is 2. The van der Waals surface area contributed by atoms with E-state index in [0.717, 1.165) is 24.8 Å². The van der Waals surface area contributed by atoms with Crippen LogP contribution in [0.25, 0.3) is 0 Å². The van der Waals surface area contributed by atoms with Crippen molar-refractivity contribution in [3.8, 4) is 0 Å². The number of para-hydroxylation sites is 1. The summed E-state index contributed by atoms with van der Waals surface area (Å²) in [7, 11) is 0. The molecule has 0 saturated heterocycles. The van der Waals surface area contributed by atoms with Gasteiger partial charge in [0, 0.05) is 19.5 Å². The molecule has 1 heterocycles. The molecule has 27 heavy (non-hydrogen) atoms. The Hall–Kier alpha value is -2.01. The van der Waals surface area contributed by atoms with Gasteiger partial charge in [0.05, 0.1) is 17.3 Å². The Kier molecular flexibility index (Phi) is 5.80. The van der Waals surface area contributed by atoms with Gasteiger partial charge in [0.15, 0.2) is 0 Å². The third kappa shape index (κ3) is 4.83. The van der Waals surface area contributed by atoms with Gasteiger partial charge in [0.2, 0.25) is 5.91 Å². The second kappa shape index (κ2) is 7.93. The van der Waals surface area contributed by atoms with E-state index in [-0.39, 0.29) is 12.0 Å². The van der Waals surface area contributed by atoms with Crippen molar-refractivity contribution in [1.82, 2.24) is 4.90 Å². The molecule has 0 radical (unpaired) electrons. The smallest absolute Gasteiger partial charge is 0.410 e. The van der Waals surface area contributed by atoms with E-state index in [1.54, 1.807) is 15.9 Å². The van der Waals surface area contributed by atoms with Gasteiger partial charge < -0.3 is 14.5 Å². The summed E-state index contributed by atoms with van der Waals surface area (Å²) in [5.41, 5.74) is 2.21. The molecule has 1 aromatic carbocycles. The van der Waals surface area contributed by atoms with Crippen molar-refractivity contribution in [1.29, 1.82) is 0 Å². The molecule has 0 saturated carbocycles. The number of anilines is 1. The lowest BCUT2D eigenvalue weighted by Gasteiger charge is -2.26. The van der Waals surface area contributed by atoms with Crippen molar-refractivity contribution in [2.45, 2.75) is 58.6 Å². The Bertz CT molecular complexity index is 767. The molecule has 6 heteroatoms. The molecule has 0 fully saturated rings. The third-order valence-electron chi connectivity index (χ3n) is 4.76. The van der Waals surface area contributed by atoms with Crippen LogP contribution in [0.4, 0.5) is 10.5 Å². The van der Waals surface area contributed by atoms with Gasteiger partial charge in [-0.05, 0) is 51.7 Å². The van der Waals surface area contributed by atoms with E-state index in [2.05, 4.69) is 6.08 Å². The highest BCUT2D eigenvalue weighted by molar-refractivity contribution is 6.34. The van der Waals surface area contributed by atoms with Crippen LogP contribution < -0.4 is 4.90 Å². The van der Waals surface area contributed by atoms with E-state index in [4.69, 9.17) is 16.3 Å². The number of benzene rings is 1. The molecule has 0 N–H and O–H groups in total. The van der Waals surface area contributed by atoms with E-state index in [1.807, 2.05) is 32.9 Å². The molecule has 1 aromatic rings. The van der Waals surface area contributed by atoms with Gasteiger partial charge in [0.1, 0.15) is 5.60 Å². The van der Waals surface area contributed by atoms with Gasteiger partial charge in [-0.2, -0.15) is 0 Å². The maximum atomic E-state index is 13.0. The van der Waals surface area contributed by atoms with Crippen LogP contribution >= 0.6 is 11.6 Å². The highest BCUT2D eigenvalue weighted by atomic mass is 35.5. The number of halogens is 1.